The van der Waals surface area contributed by atoms with Crippen LogP contribution in [-0.2, 0) is 17.8 Å². The van der Waals surface area contributed by atoms with Gasteiger partial charge in [-0.15, -0.1) is 0 Å². The number of hydrogen-bond acceptors (Lipinski definition) is 3. The van der Waals surface area contributed by atoms with Crippen molar-refractivity contribution in [2.75, 3.05) is 13.2 Å². The summed E-state index contributed by atoms with van der Waals surface area (Å²) in [7, 11) is 0. The summed E-state index contributed by atoms with van der Waals surface area (Å²) in [4.78, 5) is 16.4. The van der Waals surface area contributed by atoms with Crippen LogP contribution < -0.4 is 10.1 Å². The topological polar surface area (TPSA) is 56.2 Å². The lowest BCUT2D eigenvalue weighted by Crippen LogP contribution is -2.24. The summed E-state index contributed by atoms with van der Waals surface area (Å²) in [5.74, 6) is 2.06. The summed E-state index contributed by atoms with van der Waals surface area (Å²) in [5, 5.41) is 2.98. The van der Waals surface area contributed by atoms with Gasteiger partial charge in [0.1, 0.15) is 18.2 Å². The van der Waals surface area contributed by atoms with E-state index < -0.39 is 0 Å². The Hall–Kier alpha value is -2.82. The molecule has 0 bridgehead atoms. The normalized spacial score (nSPS) is 10.9. The lowest BCUT2D eigenvalue weighted by molar-refractivity contribution is -0.121. The Balaban J connectivity index is 1.62. The average molecular weight is 380 g/mol. The minimum Gasteiger partial charge on any atom is -0.492 e. The zero-order chi connectivity index (χ0) is 19.8. The van der Waals surface area contributed by atoms with E-state index in [1.807, 2.05) is 43.3 Å². The predicted octanol–water partition coefficient (Wildman–Crippen LogP) is 4.27. The lowest BCUT2D eigenvalue weighted by atomic mass is 10.2. The molecule has 1 N–H and O–H groups in total. The Bertz CT molecular complexity index is 917. The third-order valence-electron chi connectivity index (χ3n) is 4.68. The molecule has 1 amide bonds. The molecule has 0 unspecified atom stereocenters. The van der Waals surface area contributed by atoms with Gasteiger partial charge in [0.25, 0.3) is 0 Å². The number of imidazole rings is 1. The maximum atomic E-state index is 11.6. The molecule has 0 spiro atoms. The first-order valence-corrected chi connectivity index (χ1v) is 10.1. The molecule has 0 atom stereocenters. The van der Waals surface area contributed by atoms with Gasteiger partial charge in [-0.05, 0) is 49.6 Å². The third-order valence-corrected chi connectivity index (χ3v) is 4.68. The number of para-hydroxylation sites is 2. The summed E-state index contributed by atoms with van der Waals surface area (Å²) >= 11 is 0. The van der Waals surface area contributed by atoms with Gasteiger partial charge in [-0.25, -0.2) is 4.98 Å². The molecule has 0 aliphatic heterocycles. The van der Waals surface area contributed by atoms with E-state index in [1.165, 1.54) is 5.56 Å². The van der Waals surface area contributed by atoms with Crippen LogP contribution in [0.2, 0.25) is 0 Å². The van der Waals surface area contributed by atoms with Crippen molar-refractivity contribution >= 4 is 16.9 Å². The van der Waals surface area contributed by atoms with Crippen molar-refractivity contribution in [3.8, 4) is 5.75 Å². The van der Waals surface area contributed by atoms with Crippen molar-refractivity contribution in [3.05, 3.63) is 59.9 Å². The molecular formula is C23H29N3O2. The second-order valence-electron chi connectivity index (χ2n) is 7.04. The van der Waals surface area contributed by atoms with Gasteiger partial charge < -0.3 is 14.6 Å². The highest BCUT2D eigenvalue weighted by atomic mass is 16.5. The first-order chi connectivity index (χ1) is 13.7. The number of ether oxygens (including phenoxy) is 1. The van der Waals surface area contributed by atoms with Crippen molar-refractivity contribution in [1.82, 2.24) is 14.9 Å². The summed E-state index contributed by atoms with van der Waals surface area (Å²) in [6.45, 7) is 6.09. The number of carbonyl (C=O) groups is 1. The smallest absolute Gasteiger partial charge is 0.219 e. The van der Waals surface area contributed by atoms with E-state index in [-0.39, 0.29) is 5.91 Å². The van der Waals surface area contributed by atoms with Crippen LogP contribution in [0.3, 0.4) is 0 Å². The summed E-state index contributed by atoms with van der Waals surface area (Å²) in [6, 6.07) is 16.3. The summed E-state index contributed by atoms with van der Waals surface area (Å²) in [6.07, 6.45) is 3.17. The number of benzene rings is 2. The Labute approximate surface area is 166 Å². The lowest BCUT2D eigenvalue weighted by Gasteiger charge is -2.11. The highest BCUT2D eigenvalue weighted by Crippen LogP contribution is 2.18. The summed E-state index contributed by atoms with van der Waals surface area (Å²) < 4.78 is 8.18. The van der Waals surface area contributed by atoms with E-state index in [9.17, 15) is 4.79 Å². The Morgan fingerprint density at radius 3 is 2.86 bits per heavy atom. The van der Waals surface area contributed by atoms with Gasteiger partial charge in [-0.2, -0.15) is 0 Å². The summed E-state index contributed by atoms with van der Waals surface area (Å²) in [5.41, 5.74) is 3.32. The SMILES string of the molecule is CCCC(=O)NCCCc1nc2ccccc2n1CCOc1cccc(C)c1. The van der Waals surface area contributed by atoms with Crippen molar-refractivity contribution in [3.63, 3.8) is 0 Å². The van der Waals surface area contributed by atoms with Gasteiger partial charge in [0.15, 0.2) is 0 Å². The minimum absolute atomic E-state index is 0.127. The van der Waals surface area contributed by atoms with Gasteiger partial charge in [0.05, 0.1) is 17.6 Å². The standard InChI is InChI=1S/C23H29N3O2/c1-3-8-23(27)24-14-7-13-22-25-20-11-4-5-12-21(20)26(22)15-16-28-19-10-6-9-18(2)17-19/h4-6,9-12,17H,3,7-8,13-16H2,1-2H3,(H,24,27). The third kappa shape index (κ3) is 5.35. The molecule has 148 valence electrons. The highest BCUT2D eigenvalue weighted by Gasteiger charge is 2.10. The second-order valence-corrected chi connectivity index (χ2v) is 7.04. The first kappa shape index (κ1) is 19.9. The molecule has 28 heavy (non-hydrogen) atoms. The van der Waals surface area contributed by atoms with Gasteiger partial charge >= 0.3 is 0 Å². The zero-order valence-corrected chi connectivity index (χ0v) is 16.8. The maximum absolute atomic E-state index is 11.6. The number of carbonyl (C=O) groups excluding carboxylic acids is 1. The van der Waals surface area contributed by atoms with Crippen molar-refractivity contribution in [1.29, 1.82) is 0 Å². The molecule has 0 fully saturated rings. The van der Waals surface area contributed by atoms with Crippen LogP contribution in [0.5, 0.6) is 5.75 Å². The molecule has 1 aromatic heterocycles. The van der Waals surface area contributed by atoms with Gasteiger partial charge in [0, 0.05) is 19.4 Å². The average Bonchev–Trinajstić information content (AvgIpc) is 3.03. The number of nitrogens with one attached hydrogen (secondary N) is 1. The minimum atomic E-state index is 0.127. The van der Waals surface area contributed by atoms with Crippen LogP contribution in [0.4, 0.5) is 0 Å². The Morgan fingerprint density at radius 2 is 2.04 bits per heavy atom. The van der Waals surface area contributed by atoms with Crippen molar-refractivity contribution < 1.29 is 9.53 Å². The number of aromatic nitrogens is 2. The predicted molar refractivity (Wildman–Crippen MR) is 113 cm³/mol. The Kier molecular flexibility index (Phi) is 7.06. The molecular weight excluding hydrogens is 350 g/mol. The molecule has 3 rings (SSSR count). The molecule has 0 radical (unpaired) electrons. The fourth-order valence-electron chi connectivity index (χ4n) is 3.32. The highest BCUT2D eigenvalue weighted by molar-refractivity contribution is 5.76. The molecule has 3 aromatic rings. The molecule has 5 nitrogen and oxygen atoms in total. The van der Waals surface area contributed by atoms with Crippen LogP contribution in [0, 0.1) is 6.92 Å². The van der Waals surface area contributed by atoms with Gasteiger partial charge in [-0.1, -0.05) is 31.2 Å². The van der Waals surface area contributed by atoms with E-state index in [4.69, 9.17) is 9.72 Å². The van der Waals surface area contributed by atoms with Crippen molar-refractivity contribution in [2.24, 2.45) is 0 Å². The fraction of sp³-hybridized carbons (Fsp3) is 0.391. The number of amides is 1. The number of fused-ring (bicyclic) bond motifs is 1. The van der Waals surface area contributed by atoms with Crippen LogP contribution in [0.15, 0.2) is 48.5 Å². The molecule has 0 saturated heterocycles. The largest absolute Gasteiger partial charge is 0.492 e. The second kappa shape index (κ2) is 9.93. The monoisotopic (exact) mass is 379 g/mol. The number of nitrogens with zero attached hydrogens (tertiary/aromatic N) is 2. The first-order valence-electron chi connectivity index (χ1n) is 10.1. The Morgan fingerprint density at radius 1 is 1.18 bits per heavy atom. The molecule has 5 heteroatoms. The van der Waals surface area contributed by atoms with E-state index in [1.54, 1.807) is 0 Å². The van der Waals surface area contributed by atoms with Gasteiger partial charge in [-0.3, -0.25) is 4.79 Å². The quantitative estimate of drug-likeness (QED) is 0.535. The van der Waals surface area contributed by atoms with E-state index in [2.05, 4.69) is 28.9 Å². The number of hydrogen-bond donors (Lipinski definition) is 1. The van der Waals surface area contributed by atoms with Crippen LogP contribution in [0.25, 0.3) is 11.0 Å². The number of rotatable bonds is 10. The molecule has 0 saturated carbocycles. The molecule has 2 aromatic carbocycles. The molecule has 0 aliphatic carbocycles. The van der Waals surface area contributed by atoms with E-state index in [0.29, 0.717) is 19.6 Å². The van der Waals surface area contributed by atoms with Crippen LogP contribution in [0.1, 0.15) is 37.6 Å². The van der Waals surface area contributed by atoms with Crippen LogP contribution >= 0.6 is 0 Å². The van der Waals surface area contributed by atoms with Crippen LogP contribution in [-0.4, -0.2) is 28.6 Å². The fourth-order valence-corrected chi connectivity index (χ4v) is 3.32. The maximum Gasteiger partial charge on any atom is 0.219 e. The zero-order valence-electron chi connectivity index (χ0n) is 16.8. The van der Waals surface area contributed by atoms with E-state index in [0.717, 1.165) is 48.4 Å². The van der Waals surface area contributed by atoms with Gasteiger partial charge in [0.2, 0.25) is 5.91 Å². The molecule has 0 aliphatic rings. The van der Waals surface area contributed by atoms with E-state index >= 15 is 0 Å². The molecule has 1 heterocycles. The van der Waals surface area contributed by atoms with Crippen molar-refractivity contribution in [2.45, 2.75) is 46.1 Å². The number of aryl methyl sites for hydroxylation is 2.